The van der Waals surface area contributed by atoms with Crippen LogP contribution in [0.15, 0.2) is 22.7 Å². The lowest BCUT2D eigenvalue weighted by atomic mass is 9.89. The monoisotopic (exact) mass is 351 g/mol. The zero-order valence-electron chi connectivity index (χ0n) is 12.1. The van der Waals surface area contributed by atoms with Crippen LogP contribution in [-0.4, -0.2) is 9.55 Å². The summed E-state index contributed by atoms with van der Waals surface area (Å²) in [5.74, 6) is 1.67. The summed E-state index contributed by atoms with van der Waals surface area (Å²) in [6, 6.07) is 4.85. The Morgan fingerprint density at radius 2 is 2.00 bits per heavy atom. The number of nitrogen functional groups attached to an aromatic ring is 1. The molecule has 1 aromatic carbocycles. The summed E-state index contributed by atoms with van der Waals surface area (Å²) in [6.07, 6.45) is 6.05. The lowest BCUT2D eigenvalue weighted by molar-refractivity contribution is 0.422. The standard InChI is InChI=1S/C16H19BrFN3/c1-21-15(19)14(12-9-11(17)7-8-13(12)18)20-16(21)10-5-3-2-4-6-10/h7-10H,2-6,19H2,1H3. The van der Waals surface area contributed by atoms with Gasteiger partial charge in [0.2, 0.25) is 0 Å². The molecule has 3 rings (SSSR count). The van der Waals surface area contributed by atoms with E-state index < -0.39 is 0 Å². The van der Waals surface area contributed by atoms with Gasteiger partial charge in [-0.2, -0.15) is 0 Å². The van der Waals surface area contributed by atoms with E-state index in [9.17, 15) is 4.39 Å². The van der Waals surface area contributed by atoms with Crippen LogP contribution < -0.4 is 5.73 Å². The fraction of sp³-hybridized carbons (Fsp3) is 0.438. The molecule has 21 heavy (non-hydrogen) atoms. The van der Waals surface area contributed by atoms with Crippen molar-refractivity contribution in [2.45, 2.75) is 38.0 Å². The number of rotatable bonds is 2. The summed E-state index contributed by atoms with van der Waals surface area (Å²) in [5, 5.41) is 0. The molecule has 0 spiro atoms. The second kappa shape index (κ2) is 5.79. The van der Waals surface area contributed by atoms with E-state index in [4.69, 9.17) is 5.73 Å². The van der Waals surface area contributed by atoms with E-state index in [0.29, 0.717) is 23.0 Å². The van der Waals surface area contributed by atoms with Crippen molar-refractivity contribution in [3.8, 4) is 11.3 Å². The summed E-state index contributed by atoms with van der Waals surface area (Å²) in [6.45, 7) is 0. The quantitative estimate of drug-likeness (QED) is 0.857. The molecule has 112 valence electrons. The summed E-state index contributed by atoms with van der Waals surface area (Å²) < 4.78 is 16.8. The van der Waals surface area contributed by atoms with Crippen molar-refractivity contribution in [2.24, 2.45) is 7.05 Å². The van der Waals surface area contributed by atoms with Crippen LogP contribution in [0.4, 0.5) is 10.2 Å². The Bertz CT molecular complexity index is 660. The molecular weight excluding hydrogens is 333 g/mol. The van der Waals surface area contributed by atoms with Gasteiger partial charge in [0.25, 0.3) is 0 Å². The van der Waals surface area contributed by atoms with Crippen molar-refractivity contribution < 1.29 is 4.39 Å². The zero-order chi connectivity index (χ0) is 15.0. The van der Waals surface area contributed by atoms with Gasteiger partial charge in [-0.05, 0) is 31.0 Å². The molecule has 2 aromatic rings. The molecule has 0 bridgehead atoms. The van der Waals surface area contributed by atoms with Gasteiger partial charge in [0.05, 0.1) is 0 Å². The Morgan fingerprint density at radius 1 is 1.29 bits per heavy atom. The fourth-order valence-electron chi connectivity index (χ4n) is 3.13. The van der Waals surface area contributed by atoms with Gasteiger partial charge in [-0.1, -0.05) is 35.2 Å². The predicted molar refractivity (Wildman–Crippen MR) is 86.5 cm³/mol. The highest BCUT2D eigenvalue weighted by molar-refractivity contribution is 9.10. The molecular formula is C16H19BrFN3. The van der Waals surface area contributed by atoms with E-state index in [0.717, 1.165) is 23.1 Å². The van der Waals surface area contributed by atoms with Gasteiger partial charge < -0.3 is 10.3 Å². The van der Waals surface area contributed by atoms with Crippen LogP contribution in [0.1, 0.15) is 43.8 Å². The Kier molecular flexibility index (Phi) is 4.02. The number of imidazole rings is 1. The van der Waals surface area contributed by atoms with Gasteiger partial charge in [-0.15, -0.1) is 0 Å². The largest absolute Gasteiger partial charge is 0.383 e. The molecule has 0 amide bonds. The molecule has 0 atom stereocenters. The maximum atomic E-state index is 14.1. The first-order valence-electron chi connectivity index (χ1n) is 7.35. The number of nitrogens with zero attached hydrogens (tertiary/aromatic N) is 2. The maximum Gasteiger partial charge on any atom is 0.132 e. The molecule has 0 radical (unpaired) electrons. The molecule has 1 heterocycles. The van der Waals surface area contributed by atoms with Crippen LogP contribution in [0, 0.1) is 5.82 Å². The molecule has 0 aliphatic heterocycles. The first-order valence-corrected chi connectivity index (χ1v) is 8.14. The highest BCUT2D eigenvalue weighted by Gasteiger charge is 2.24. The normalized spacial score (nSPS) is 16.3. The molecule has 1 aliphatic rings. The first-order chi connectivity index (χ1) is 10.1. The third-order valence-electron chi connectivity index (χ3n) is 4.33. The number of benzene rings is 1. The minimum Gasteiger partial charge on any atom is -0.383 e. The van der Waals surface area contributed by atoms with Crippen LogP contribution in [0.5, 0.6) is 0 Å². The van der Waals surface area contributed by atoms with Gasteiger partial charge in [0, 0.05) is 23.0 Å². The number of anilines is 1. The van der Waals surface area contributed by atoms with Crippen LogP contribution in [0.2, 0.25) is 0 Å². The Labute approximate surface area is 132 Å². The smallest absolute Gasteiger partial charge is 0.132 e. The van der Waals surface area contributed by atoms with Crippen molar-refractivity contribution in [3.05, 3.63) is 34.3 Å². The Hall–Kier alpha value is -1.36. The van der Waals surface area contributed by atoms with Gasteiger partial charge in [0.15, 0.2) is 0 Å². The number of hydrogen-bond acceptors (Lipinski definition) is 2. The van der Waals surface area contributed by atoms with Crippen molar-refractivity contribution in [3.63, 3.8) is 0 Å². The molecule has 0 unspecified atom stereocenters. The minimum atomic E-state index is -0.293. The number of nitrogens with two attached hydrogens (primary N) is 1. The molecule has 5 heteroatoms. The predicted octanol–water partition coefficient (Wildman–Crippen LogP) is 4.62. The Morgan fingerprint density at radius 3 is 2.71 bits per heavy atom. The number of halogens is 2. The molecule has 1 saturated carbocycles. The van der Waals surface area contributed by atoms with E-state index in [-0.39, 0.29) is 5.82 Å². The molecule has 1 fully saturated rings. The van der Waals surface area contributed by atoms with Crippen molar-refractivity contribution >= 4 is 21.7 Å². The van der Waals surface area contributed by atoms with E-state index in [1.807, 2.05) is 11.6 Å². The topological polar surface area (TPSA) is 43.8 Å². The van der Waals surface area contributed by atoms with E-state index in [1.54, 1.807) is 12.1 Å². The van der Waals surface area contributed by atoms with Gasteiger partial charge in [0.1, 0.15) is 23.2 Å². The molecule has 0 saturated heterocycles. The molecule has 1 aliphatic carbocycles. The number of hydrogen-bond donors (Lipinski definition) is 1. The molecule has 2 N–H and O–H groups in total. The number of aromatic nitrogens is 2. The average Bonchev–Trinajstić information content (AvgIpc) is 2.79. The van der Waals surface area contributed by atoms with Crippen LogP contribution in [0.3, 0.4) is 0 Å². The van der Waals surface area contributed by atoms with Crippen molar-refractivity contribution in [1.82, 2.24) is 9.55 Å². The lowest BCUT2D eigenvalue weighted by Gasteiger charge is -2.21. The van der Waals surface area contributed by atoms with Crippen molar-refractivity contribution in [1.29, 1.82) is 0 Å². The first kappa shape index (κ1) is 14.6. The summed E-state index contributed by atoms with van der Waals surface area (Å²) in [5.41, 5.74) is 7.19. The fourth-order valence-corrected chi connectivity index (χ4v) is 3.49. The van der Waals surface area contributed by atoms with Gasteiger partial charge in [-0.25, -0.2) is 9.37 Å². The lowest BCUT2D eigenvalue weighted by Crippen LogP contribution is -2.11. The third-order valence-corrected chi connectivity index (χ3v) is 4.82. The van der Waals surface area contributed by atoms with Crippen molar-refractivity contribution in [2.75, 3.05) is 5.73 Å². The highest BCUT2D eigenvalue weighted by atomic mass is 79.9. The summed E-state index contributed by atoms with van der Waals surface area (Å²) in [4.78, 5) is 4.68. The zero-order valence-corrected chi connectivity index (χ0v) is 13.7. The van der Waals surface area contributed by atoms with Gasteiger partial charge in [-0.3, -0.25) is 0 Å². The van der Waals surface area contributed by atoms with E-state index >= 15 is 0 Å². The minimum absolute atomic E-state index is 0.293. The Balaban J connectivity index is 2.05. The SMILES string of the molecule is Cn1c(C2CCCCC2)nc(-c2cc(Br)ccc2F)c1N. The molecule has 1 aromatic heterocycles. The maximum absolute atomic E-state index is 14.1. The second-order valence-electron chi connectivity index (χ2n) is 5.72. The second-order valence-corrected chi connectivity index (χ2v) is 6.64. The van der Waals surface area contributed by atoms with E-state index in [2.05, 4.69) is 20.9 Å². The summed E-state index contributed by atoms with van der Waals surface area (Å²) >= 11 is 3.38. The summed E-state index contributed by atoms with van der Waals surface area (Å²) in [7, 11) is 1.92. The third kappa shape index (κ3) is 2.71. The highest BCUT2D eigenvalue weighted by Crippen LogP contribution is 2.36. The van der Waals surface area contributed by atoms with Crippen LogP contribution >= 0.6 is 15.9 Å². The molecule has 3 nitrogen and oxygen atoms in total. The van der Waals surface area contributed by atoms with E-state index in [1.165, 1.54) is 25.3 Å². The average molecular weight is 352 g/mol. The van der Waals surface area contributed by atoms with Gasteiger partial charge >= 0.3 is 0 Å². The van der Waals surface area contributed by atoms with Crippen LogP contribution in [0.25, 0.3) is 11.3 Å². The van der Waals surface area contributed by atoms with Crippen LogP contribution in [-0.2, 0) is 7.05 Å².